The van der Waals surface area contributed by atoms with E-state index in [0.717, 1.165) is 4.90 Å². The number of carboxylic acids is 1. The topological polar surface area (TPSA) is 40.1 Å². The first-order valence-electron chi connectivity index (χ1n) is 3.17. The van der Waals surface area contributed by atoms with Crippen molar-refractivity contribution in [2.75, 3.05) is 5.75 Å². The van der Waals surface area contributed by atoms with Crippen molar-refractivity contribution in [3.63, 3.8) is 0 Å². The Kier molecular flexibility index (Phi) is 6.57. The summed E-state index contributed by atoms with van der Waals surface area (Å²) in [7, 11) is 0. The van der Waals surface area contributed by atoms with Crippen LogP contribution in [-0.2, 0) is 4.79 Å². The number of carbonyl (C=O) groups is 1. The van der Waals surface area contributed by atoms with Gasteiger partial charge in [0.2, 0.25) is 0 Å². The van der Waals surface area contributed by atoms with Gasteiger partial charge in [-0.3, -0.25) is 0 Å². The van der Waals surface area contributed by atoms with Crippen LogP contribution in [0.4, 0.5) is 0 Å². The number of hydrogen-bond acceptors (Lipinski definition) is 3. The summed E-state index contributed by atoms with van der Waals surface area (Å²) in [5, 5.41) is 10.0. The Hall–Kier alpha value is 0.0400. The van der Waals surface area contributed by atoms with Crippen LogP contribution in [0.2, 0.25) is 0 Å². The van der Waals surface area contributed by atoms with E-state index < -0.39 is 5.97 Å². The molecule has 0 saturated heterocycles. The summed E-state index contributed by atoms with van der Waals surface area (Å²) in [5.74, 6) is -1.01. The Morgan fingerprint density at radius 3 is 2.42 bits per heavy atom. The maximum Gasteiger partial charge on any atom is 1.00 e. The van der Waals surface area contributed by atoms with E-state index in [-0.39, 0.29) is 35.3 Å². The molecule has 0 aliphatic rings. The summed E-state index contributed by atoms with van der Waals surface area (Å²) in [6.07, 6.45) is 0. The molecular formula is C8H7NaO2S. The first kappa shape index (κ1) is 12.0. The smallest absolute Gasteiger partial charge is 0.549 e. The summed E-state index contributed by atoms with van der Waals surface area (Å²) in [6, 6.07) is 9.37. The molecule has 12 heavy (non-hydrogen) atoms. The summed E-state index contributed by atoms with van der Waals surface area (Å²) in [5.41, 5.74) is 0. The zero-order chi connectivity index (χ0) is 8.10. The molecular weight excluding hydrogens is 183 g/mol. The minimum Gasteiger partial charge on any atom is -0.549 e. The van der Waals surface area contributed by atoms with Crippen molar-refractivity contribution in [1.29, 1.82) is 0 Å². The summed E-state index contributed by atoms with van der Waals surface area (Å²) >= 11 is 1.27. The largest absolute Gasteiger partial charge is 1.00 e. The number of hydrogen-bond donors (Lipinski definition) is 0. The number of thioether (sulfide) groups is 1. The first-order valence-corrected chi connectivity index (χ1v) is 4.15. The fourth-order valence-electron chi connectivity index (χ4n) is 0.659. The first-order chi connectivity index (χ1) is 5.29. The van der Waals surface area contributed by atoms with Gasteiger partial charge < -0.3 is 9.90 Å². The Balaban J connectivity index is 0.00000121. The monoisotopic (exact) mass is 190 g/mol. The Morgan fingerprint density at radius 2 is 1.92 bits per heavy atom. The van der Waals surface area contributed by atoms with Crippen LogP contribution in [-0.4, -0.2) is 11.7 Å². The van der Waals surface area contributed by atoms with E-state index in [1.807, 2.05) is 30.3 Å². The second-order valence-electron chi connectivity index (χ2n) is 1.97. The molecule has 0 atom stereocenters. The van der Waals surface area contributed by atoms with E-state index in [1.165, 1.54) is 11.8 Å². The molecule has 0 saturated carbocycles. The van der Waals surface area contributed by atoms with Gasteiger partial charge in [0, 0.05) is 10.6 Å². The van der Waals surface area contributed by atoms with Crippen molar-refractivity contribution in [3.8, 4) is 0 Å². The van der Waals surface area contributed by atoms with Gasteiger partial charge in [0.05, 0.1) is 5.97 Å². The Bertz CT molecular complexity index is 238. The van der Waals surface area contributed by atoms with Gasteiger partial charge in [-0.15, -0.1) is 11.8 Å². The molecule has 0 unspecified atom stereocenters. The molecule has 0 aliphatic carbocycles. The molecule has 0 amide bonds. The molecule has 0 radical (unpaired) electrons. The minimum absolute atomic E-state index is 0. The third-order valence-corrected chi connectivity index (χ3v) is 2.09. The quantitative estimate of drug-likeness (QED) is 0.392. The predicted octanol–water partition coefficient (Wildman–Crippen LogP) is -2.47. The maximum atomic E-state index is 10.0. The summed E-state index contributed by atoms with van der Waals surface area (Å²) in [4.78, 5) is 11.0. The van der Waals surface area contributed by atoms with E-state index in [9.17, 15) is 9.90 Å². The van der Waals surface area contributed by atoms with E-state index in [4.69, 9.17) is 0 Å². The van der Waals surface area contributed by atoms with Crippen LogP contribution in [0.5, 0.6) is 0 Å². The van der Waals surface area contributed by atoms with Crippen molar-refractivity contribution in [1.82, 2.24) is 0 Å². The van der Waals surface area contributed by atoms with Gasteiger partial charge in [0.15, 0.2) is 0 Å². The summed E-state index contributed by atoms with van der Waals surface area (Å²) in [6.45, 7) is 0. The van der Waals surface area contributed by atoms with E-state index >= 15 is 0 Å². The fourth-order valence-corrected chi connectivity index (χ4v) is 1.29. The fraction of sp³-hybridized carbons (Fsp3) is 0.125. The summed E-state index contributed by atoms with van der Waals surface area (Å²) < 4.78 is 0. The van der Waals surface area contributed by atoms with Crippen LogP contribution in [0.25, 0.3) is 0 Å². The zero-order valence-corrected chi connectivity index (χ0v) is 9.64. The van der Waals surface area contributed by atoms with Crippen molar-refractivity contribution in [2.24, 2.45) is 0 Å². The molecule has 58 valence electrons. The van der Waals surface area contributed by atoms with Crippen molar-refractivity contribution in [3.05, 3.63) is 30.3 Å². The third kappa shape index (κ3) is 4.83. The average Bonchev–Trinajstić information content (AvgIpc) is 2.03. The van der Waals surface area contributed by atoms with Crippen LogP contribution in [0.1, 0.15) is 0 Å². The average molecular weight is 190 g/mol. The Labute approximate surface area is 97.7 Å². The van der Waals surface area contributed by atoms with Crippen LogP contribution in [0.3, 0.4) is 0 Å². The van der Waals surface area contributed by atoms with Crippen molar-refractivity contribution < 1.29 is 39.5 Å². The van der Waals surface area contributed by atoms with Crippen LogP contribution < -0.4 is 34.7 Å². The number of aliphatic carboxylic acids is 1. The van der Waals surface area contributed by atoms with Crippen molar-refractivity contribution >= 4 is 17.7 Å². The van der Waals surface area contributed by atoms with E-state index in [2.05, 4.69) is 0 Å². The molecule has 0 fully saturated rings. The number of carboxylic acid groups (broad SMARTS) is 1. The molecule has 0 spiro atoms. The molecule has 0 aromatic heterocycles. The standard InChI is InChI=1S/C8H8O2S.Na/c9-8(10)6-11-7-4-2-1-3-5-7;/h1-5H,6H2,(H,9,10);/q;+1/p-1. The molecule has 0 bridgehead atoms. The molecule has 0 heterocycles. The maximum absolute atomic E-state index is 10.0. The van der Waals surface area contributed by atoms with Crippen molar-refractivity contribution in [2.45, 2.75) is 4.90 Å². The second-order valence-corrected chi connectivity index (χ2v) is 3.02. The predicted molar refractivity (Wildman–Crippen MR) is 42.2 cm³/mol. The molecule has 0 aliphatic heterocycles. The van der Waals surface area contributed by atoms with E-state index in [1.54, 1.807) is 0 Å². The molecule has 2 nitrogen and oxygen atoms in total. The minimum atomic E-state index is -1.03. The molecule has 1 aromatic carbocycles. The van der Waals surface area contributed by atoms with E-state index in [0.29, 0.717) is 0 Å². The molecule has 0 N–H and O–H groups in total. The Morgan fingerprint density at radius 1 is 1.33 bits per heavy atom. The van der Waals surface area contributed by atoms with Crippen LogP contribution in [0, 0.1) is 0 Å². The van der Waals surface area contributed by atoms with Crippen LogP contribution >= 0.6 is 11.8 Å². The number of rotatable bonds is 3. The number of carbonyl (C=O) groups excluding carboxylic acids is 1. The zero-order valence-electron chi connectivity index (χ0n) is 6.82. The van der Waals surface area contributed by atoms with Gasteiger partial charge in [-0.05, 0) is 12.1 Å². The second kappa shape index (κ2) is 6.54. The normalized spacial score (nSPS) is 8.67. The van der Waals surface area contributed by atoms with Gasteiger partial charge in [-0.1, -0.05) is 18.2 Å². The van der Waals surface area contributed by atoms with Gasteiger partial charge in [0.25, 0.3) is 0 Å². The van der Waals surface area contributed by atoms with Gasteiger partial charge in [-0.2, -0.15) is 0 Å². The third-order valence-electron chi connectivity index (χ3n) is 1.10. The van der Waals surface area contributed by atoms with Crippen LogP contribution in [0.15, 0.2) is 35.2 Å². The molecule has 4 heteroatoms. The molecule has 1 rings (SSSR count). The number of benzene rings is 1. The van der Waals surface area contributed by atoms with Gasteiger partial charge in [0.1, 0.15) is 0 Å². The van der Waals surface area contributed by atoms with Gasteiger partial charge >= 0.3 is 29.6 Å². The SMILES string of the molecule is O=C([O-])CSc1ccccc1.[Na+]. The molecule has 1 aromatic rings. The van der Waals surface area contributed by atoms with Gasteiger partial charge in [-0.25, -0.2) is 0 Å².